The second kappa shape index (κ2) is 5.00. The van der Waals surface area contributed by atoms with Gasteiger partial charge in [-0.15, -0.1) is 0 Å². The fourth-order valence-electron chi connectivity index (χ4n) is 2.42. The second-order valence-corrected chi connectivity index (χ2v) is 4.99. The van der Waals surface area contributed by atoms with E-state index in [1.165, 1.54) is 0 Å². The van der Waals surface area contributed by atoms with E-state index in [4.69, 9.17) is 4.42 Å². The Bertz CT molecular complexity index is 629. The summed E-state index contributed by atoms with van der Waals surface area (Å²) in [5, 5.41) is 6.13. The number of carbonyl (C=O) groups excluding carboxylic acids is 1. The number of nitrogens with zero attached hydrogens (tertiary/aromatic N) is 1. The van der Waals surface area contributed by atoms with Crippen LogP contribution in [0.1, 0.15) is 28.8 Å². The zero-order chi connectivity index (χ0) is 14.1. The third kappa shape index (κ3) is 2.27. The number of rotatable bonds is 3. The molecule has 5 heteroatoms. The number of amides is 1. The summed E-state index contributed by atoms with van der Waals surface area (Å²) >= 11 is 0. The number of oxazole rings is 1. The molecule has 0 spiro atoms. The first-order valence-electron chi connectivity index (χ1n) is 6.68. The Balaban J connectivity index is 1.66. The quantitative estimate of drug-likeness (QED) is 0.897. The van der Waals surface area contributed by atoms with Crippen LogP contribution in [0.15, 0.2) is 28.7 Å². The van der Waals surface area contributed by atoms with Gasteiger partial charge in [-0.1, -0.05) is 18.2 Å². The number of hydrogen-bond donors (Lipinski definition) is 2. The molecule has 0 bridgehead atoms. The fourth-order valence-corrected chi connectivity index (χ4v) is 2.42. The average molecular weight is 271 g/mol. The molecule has 0 radical (unpaired) electrons. The summed E-state index contributed by atoms with van der Waals surface area (Å²) in [7, 11) is 0. The molecule has 3 rings (SSSR count). The van der Waals surface area contributed by atoms with Gasteiger partial charge in [0, 0.05) is 12.2 Å². The van der Waals surface area contributed by atoms with Crippen LogP contribution in [0.2, 0.25) is 0 Å². The van der Waals surface area contributed by atoms with Crippen LogP contribution in [-0.4, -0.2) is 17.4 Å². The molecule has 1 aromatic heterocycles. The van der Waals surface area contributed by atoms with Crippen molar-refractivity contribution in [3.05, 3.63) is 47.2 Å². The topological polar surface area (TPSA) is 67.2 Å². The molecule has 0 aliphatic carbocycles. The van der Waals surface area contributed by atoms with Crippen LogP contribution in [0.3, 0.4) is 0 Å². The van der Waals surface area contributed by atoms with Crippen molar-refractivity contribution in [3.63, 3.8) is 0 Å². The molecule has 0 saturated carbocycles. The van der Waals surface area contributed by atoms with Crippen LogP contribution in [0, 0.1) is 13.8 Å². The lowest BCUT2D eigenvalue weighted by Gasteiger charge is -2.09. The largest absolute Gasteiger partial charge is 0.444 e. The number of hydrogen-bond acceptors (Lipinski definition) is 4. The van der Waals surface area contributed by atoms with Crippen molar-refractivity contribution in [3.8, 4) is 0 Å². The van der Waals surface area contributed by atoms with Gasteiger partial charge in [0.05, 0.1) is 18.2 Å². The molecule has 5 nitrogen and oxygen atoms in total. The molecule has 1 atom stereocenters. The Kier molecular flexibility index (Phi) is 3.18. The molecular weight excluding hydrogens is 254 g/mol. The molecule has 0 fully saturated rings. The maximum absolute atomic E-state index is 12.3. The standard InChI is InChI=1S/C15H17N3O2/c1-9-10(2)20-14(18-9)8-17-15(19)12-7-16-13-6-4-3-5-11(12)13/h3-6,12,16H,7-8H2,1-2H3,(H,17,19). The number of fused-ring (bicyclic) bond motifs is 1. The van der Waals surface area contributed by atoms with Crippen molar-refractivity contribution in [1.29, 1.82) is 0 Å². The molecule has 1 amide bonds. The third-order valence-electron chi connectivity index (χ3n) is 3.64. The van der Waals surface area contributed by atoms with Crippen LogP contribution >= 0.6 is 0 Å². The number of nitrogens with one attached hydrogen (secondary N) is 2. The van der Waals surface area contributed by atoms with Crippen molar-refractivity contribution in [2.24, 2.45) is 0 Å². The number of para-hydroxylation sites is 1. The van der Waals surface area contributed by atoms with Crippen molar-refractivity contribution >= 4 is 11.6 Å². The second-order valence-electron chi connectivity index (χ2n) is 4.99. The molecule has 104 valence electrons. The van der Waals surface area contributed by atoms with E-state index in [-0.39, 0.29) is 11.8 Å². The molecule has 20 heavy (non-hydrogen) atoms. The average Bonchev–Trinajstić information content (AvgIpc) is 3.00. The smallest absolute Gasteiger partial charge is 0.229 e. The monoisotopic (exact) mass is 271 g/mol. The normalized spacial score (nSPS) is 16.6. The molecule has 2 N–H and O–H groups in total. The minimum absolute atomic E-state index is 0.00374. The lowest BCUT2D eigenvalue weighted by Crippen LogP contribution is -2.30. The van der Waals surface area contributed by atoms with Crippen molar-refractivity contribution < 1.29 is 9.21 Å². The van der Waals surface area contributed by atoms with E-state index in [1.54, 1.807) is 0 Å². The first-order chi connectivity index (χ1) is 9.65. The zero-order valence-corrected chi connectivity index (χ0v) is 11.6. The van der Waals surface area contributed by atoms with Gasteiger partial charge in [0.15, 0.2) is 0 Å². The predicted octanol–water partition coefficient (Wildman–Crippen LogP) is 2.12. The maximum atomic E-state index is 12.3. The SMILES string of the molecule is Cc1nc(CNC(=O)C2CNc3ccccc32)oc1C. The summed E-state index contributed by atoms with van der Waals surface area (Å²) in [6.45, 7) is 4.72. The Morgan fingerprint density at radius 1 is 1.45 bits per heavy atom. The van der Waals surface area contributed by atoms with Gasteiger partial charge in [-0.3, -0.25) is 4.79 Å². The third-order valence-corrected chi connectivity index (χ3v) is 3.64. The zero-order valence-electron chi connectivity index (χ0n) is 11.6. The highest BCUT2D eigenvalue weighted by molar-refractivity contribution is 5.88. The van der Waals surface area contributed by atoms with E-state index in [0.717, 1.165) is 22.7 Å². The summed E-state index contributed by atoms with van der Waals surface area (Å²) in [4.78, 5) is 16.5. The highest BCUT2D eigenvalue weighted by Gasteiger charge is 2.28. The van der Waals surface area contributed by atoms with Crippen LogP contribution in [0.5, 0.6) is 0 Å². The lowest BCUT2D eigenvalue weighted by atomic mass is 10.0. The molecule has 0 saturated heterocycles. The van der Waals surface area contributed by atoms with Gasteiger partial charge in [-0.05, 0) is 25.5 Å². The maximum Gasteiger partial charge on any atom is 0.229 e. The number of aromatic nitrogens is 1. The van der Waals surface area contributed by atoms with E-state index in [0.29, 0.717) is 19.0 Å². The Labute approximate surface area is 117 Å². The van der Waals surface area contributed by atoms with Crippen LogP contribution < -0.4 is 10.6 Å². The fraction of sp³-hybridized carbons (Fsp3) is 0.333. The Morgan fingerprint density at radius 2 is 2.25 bits per heavy atom. The summed E-state index contributed by atoms with van der Waals surface area (Å²) in [5.41, 5.74) is 2.95. The van der Waals surface area contributed by atoms with Gasteiger partial charge in [0.25, 0.3) is 0 Å². The summed E-state index contributed by atoms with van der Waals surface area (Å²) in [6, 6.07) is 7.89. The Hall–Kier alpha value is -2.30. The molecule has 1 aromatic carbocycles. The number of anilines is 1. The molecule has 1 unspecified atom stereocenters. The van der Waals surface area contributed by atoms with Crippen LogP contribution in [-0.2, 0) is 11.3 Å². The van der Waals surface area contributed by atoms with E-state index < -0.39 is 0 Å². The first kappa shape index (κ1) is 12.7. The predicted molar refractivity (Wildman–Crippen MR) is 75.5 cm³/mol. The van der Waals surface area contributed by atoms with E-state index >= 15 is 0 Å². The summed E-state index contributed by atoms with van der Waals surface area (Å²) < 4.78 is 5.46. The van der Waals surface area contributed by atoms with E-state index in [1.807, 2.05) is 38.1 Å². The van der Waals surface area contributed by atoms with Gasteiger partial charge in [0.1, 0.15) is 5.76 Å². The molecular formula is C15H17N3O2. The summed E-state index contributed by atoms with van der Waals surface area (Å²) in [5.74, 6) is 1.19. The van der Waals surface area contributed by atoms with Crippen LogP contribution in [0.4, 0.5) is 5.69 Å². The van der Waals surface area contributed by atoms with Crippen molar-refractivity contribution in [1.82, 2.24) is 10.3 Å². The highest BCUT2D eigenvalue weighted by atomic mass is 16.4. The molecule has 1 aliphatic heterocycles. The number of benzene rings is 1. The number of aryl methyl sites for hydroxylation is 2. The van der Waals surface area contributed by atoms with Gasteiger partial charge < -0.3 is 15.1 Å². The summed E-state index contributed by atoms with van der Waals surface area (Å²) in [6.07, 6.45) is 0. The van der Waals surface area contributed by atoms with Gasteiger partial charge in [0.2, 0.25) is 11.8 Å². The highest BCUT2D eigenvalue weighted by Crippen LogP contribution is 2.30. The molecule has 1 aliphatic rings. The minimum atomic E-state index is -0.150. The van der Waals surface area contributed by atoms with Gasteiger partial charge in [-0.2, -0.15) is 0 Å². The lowest BCUT2D eigenvalue weighted by molar-refractivity contribution is -0.122. The molecule has 2 heterocycles. The minimum Gasteiger partial charge on any atom is -0.444 e. The Morgan fingerprint density at radius 3 is 3.00 bits per heavy atom. The van der Waals surface area contributed by atoms with Gasteiger partial charge in [-0.25, -0.2) is 4.98 Å². The van der Waals surface area contributed by atoms with E-state index in [9.17, 15) is 4.79 Å². The van der Waals surface area contributed by atoms with Crippen LogP contribution in [0.25, 0.3) is 0 Å². The van der Waals surface area contributed by atoms with Crippen molar-refractivity contribution in [2.45, 2.75) is 26.3 Å². The first-order valence-corrected chi connectivity index (χ1v) is 6.68. The number of carbonyl (C=O) groups is 1. The van der Waals surface area contributed by atoms with E-state index in [2.05, 4.69) is 15.6 Å². The van der Waals surface area contributed by atoms with Crippen molar-refractivity contribution in [2.75, 3.05) is 11.9 Å². The van der Waals surface area contributed by atoms with Gasteiger partial charge >= 0.3 is 0 Å². The molecule has 2 aromatic rings.